The first kappa shape index (κ1) is 39.3. The van der Waals surface area contributed by atoms with Gasteiger partial charge < -0.3 is 23.6 Å². The van der Waals surface area contributed by atoms with E-state index in [1.807, 2.05) is 6.07 Å². The Morgan fingerprint density at radius 1 is 0.618 bits per heavy atom. The second-order valence-corrected chi connectivity index (χ2v) is 19.7. The Hall–Kier alpha value is -7.87. The molecular formula is C61H49N5O2. The largest absolute Gasteiger partial charge is 0.485 e. The van der Waals surface area contributed by atoms with Crippen molar-refractivity contribution in [2.45, 2.75) is 57.0 Å². The Balaban J connectivity index is 1.06. The van der Waals surface area contributed by atoms with Crippen LogP contribution in [0.3, 0.4) is 0 Å². The van der Waals surface area contributed by atoms with Crippen LogP contribution in [-0.2, 0) is 11.3 Å². The second-order valence-electron chi connectivity index (χ2n) is 19.7. The molecule has 8 aromatic carbocycles. The molecule has 7 nitrogen and oxygen atoms in total. The fourth-order valence-electron chi connectivity index (χ4n) is 12.2. The lowest BCUT2D eigenvalue weighted by Crippen LogP contribution is -2.64. The summed E-state index contributed by atoms with van der Waals surface area (Å²) in [7, 11) is 0. The molecule has 2 aliphatic heterocycles. The van der Waals surface area contributed by atoms with Crippen molar-refractivity contribution in [3.63, 3.8) is 0 Å². The lowest BCUT2D eigenvalue weighted by Gasteiger charge is -2.46. The zero-order chi connectivity index (χ0) is 45.5. The Morgan fingerprint density at radius 3 is 2.07 bits per heavy atom. The van der Waals surface area contributed by atoms with Gasteiger partial charge >= 0.3 is 0 Å². The molecule has 0 fully saturated rings. The summed E-state index contributed by atoms with van der Waals surface area (Å²) in [6.07, 6.45) is 5.72. The number of nitrogens with one attached hydrogen (secondary N) is 2. The average molecular weight is 884 g/mol. The third kappa shape index (κ3) is 5.42. The third-order valence-corrected chi connectivity index (χ3v) is 15.7. The lowest BCUT2D eigenvalue weighted by molar-refractivity contribution is 0.0407. The first-order valence-electron chi connectivity index (χ1n) is 23.9. The maximum absolute atomic E-state index is 7.23. The van der Waals surface area contributed by atoms with E-state index in [-0.39, 0.29) is 11.5 Å². The van der Waals surface area contributed by atoms with Gasteiger partial charge in [-0.05, 0) is 93.3 Å². The van der Waals surface area contributed by atoms with E-state index in [1.165, 1.54) is 10.9 Å². The van der Waals surface area contributed by atoms with E-state index in [1.54, 1.807) is 0 Å². The highest BCUT2D eigenvalue weighted by atomic mass is 16.5. The topological polar surface area (TPSA) is 68.7 Å². The van der Waals surface area contributed by atoms with Gasteiger partial charge in [-0.25, -0.2) is 4.99 Å². The Kier molecular flexibility index (Phi) is 8.14. The summed E-state index contributed by atoms with van der Waals surface area (Å²) < 4.78 is 18.9. The summed E-state index contributed by atoms with van der Waals surface area (Å²) in [5.74, 6) is 2.40. The summed E-state index contributed by atoms with van der Waals surface area (Å²) in [6, 6.07) is 63.1. The quantitative estimate of drug-likeness (QED) is 0.169. The highest BCUT2D eigenvalue weighted by Crippen LogP contribution is 2.56. The van der Waals surface area contributed by atoms with Crippen LogP contribution < -0.4 is 15.4 Å². The zero-order valence-electron chi connectivity index (χ0n) is 38.4. The number of amidine groups is 1. The molecule has 5 heterocycles. The number of ether oxygens (including phenoxy) is 1. The van der Waals surface area contributed by atoms with Crippen molar-refractivity contribution in [1.82, 2.24) is 19.8 Å². The van der Waals surface area contributed by atoms with Gasteiger partial charge in [-0.2, -0.15) is 0 Å². The summed E-state index contributed by atoms with van der Waals surface area (Å²) in [5, 5.41) is 14.9. The van der Waals surface area contributed by atoms with Crippen LogP contribution >= 0.6 is 0 Å². The molecule has 5 unspecified atom stereocenters. The molecular weight excluding hydrogens is 835 g/mol. The molecule has 0 amide bonds. The normalized spacial score (nSPS) is 23.3. The summed E-state index contributed by atoms with van der Waals surface area (Å²) in [6.45, 7) is 9.08. The fraction of sp³-hybridized carbons (Fsp3) is 0.164. The summed E-state index contributed by atoms with van der Waals surface area (Å²) in [4.78, 5) is 5.50. The number of hydrogen-bond donors (Lipinski definition) is 2. The number of aromatic nitrogens is 2. The molecule has 11 aromatic rings. The number of allylic oxidation sites excluding steroid dienone is 1. The van der Waals surface area contributed by atoms with Crippen molar-refractivity contribution in [3.8, 4) is 17.1 Å². The van der Waals surface area contributed by atoms with Crippen LogP contribution in [0.2, 0.25) is 0 Å². The SMILES string of the molecule is CC1CC=CC2c3ccc4c(c3OC12C)c1ccccc1n4-c1ccc(-n2c3ccccc3c3c4oc5ccccc5c4ccc32)c(C2(C)NC(c3ccccc3)=NC(C)(c3ccccc3)N2)c1. The Bertz CT molecular complexity index is 3950. The zero-order valence-corrected chi connectivity index (χ0v) is 38.4. The molecule has 0 saturated heterocycles. The minimum absolute atomic E-state index is 0.202. The van der Waals surface area contributed by atoms with Crippen LogP contribution in [0, 0.1) is 5.92 Å². The van der Waals surface area contributed by atoms with Gasteiger partial charge in [0.15, 0.2) is 0 Å². The van der Waals surface area contributed by atoms with Crippen molar-refractivity contribution in [3.05, 3.63) is 210 Å². The fourth-order valence-corrected chi connectivity index (χ4v) is 12.2. The average Bonchev–Trinajstić information content (AvgIpc) is 4.11. The van der Waals surface area contributed by atoms with Crippen molar-refractivity contribution in [2.75, 3.05) is 0 Å². The first-order chi connectivity index (χ1) is 33.2. The number of furan rings is 1. The van der Waals surface area contributed by atoms with E-state index in [4.69, 9.17) is 14.1 Å². The standard InChI is InChI=1S/C61H49N5O2/c1-37-18-17-26-46-43-32-35-51-55(57(43)68-59(37,46)2)44-24-11-14-27-48(44)65(51)40-30-33-50(66-49-28-15-12-25-45(49)54-52(66)34-31-42-41-23-13-16-29-53(41)67-56(42)54)47(36-40)61(4)63-58(38-19-7-5-8-20-38)62-60(3,64-61)39-21-9-6-10-22-39/h5-17,19-37,46,64H,18H2,1-4H3,(H,62,63). The molecule has 330 valence electrons. The molecule has 7 heteroatoms. The number of para-hydroxylation sites is 3. The van der Waals surface area contributed by atoms with Crippen molar-refractivity contribution in [2.24, 2.45) is 10.9 Å². The summed E-state index contributed by atoms with van der Waals surface area (Å²) >= 11 is 0. The lowest BCUT2D eigenvalue weighted by atomic mass is 9.72. The van der Waals surface area contributed by atoms with Gasteiger partial charge in [-0.15, -0.1) is 0 Å². The van der Waals surface area contributed by atoms with Crippen LogP contribution in [0.4, 0.5) is 0 Å². The molecule has 0 radical (unpaired) electrons. The predicted molar refractivity (Wildman–Crippen MR) is 277 cm³/mol. The van der Waals surface area contributed by atoms with Crippen molar-refractivity contribution in [1.29, 1.82) is 0 Å². The molecule has 68 heavy (non-hydrogen) atoms. The predicted octanol–water partition coefficient (Wildman–Crippen LogP) is 14.3. The number of rotatable bonds is 5. The number of fused-ring (bicyclic) bond motifs is 14. The highest BCUT2D eigenvalue weighted by Gasteiger charge is 2.50. The molecule has 0 bridgehead atoms. The minimum atomic E-state index is -0.889. The number of benzene rings is 8. The second kappa shape index (κ2) is 14.1. The number of aliphatic imine (C=N–C) groups is 1. The first-order valence-corrected chi connectivity index (χ1v) is 23.9. The van der Waals surface area contributed by atoms with Crippen LogP contribution in [0.1, 0.15) is 62.3 Å². The van der Waals surface area contributed by atoms with Crippen molar-refractivity contribution >= 4 is 71.4 Å². The van der Waals surface area contributed by atoms with Gasteiger partial charge in [-0.1, -0.05) is 140 Å². The van der Waals surface area contributed by atoms with Gasteiger partial charge in [0.05, 0.1) is 38.5 Å². The van der Waals surface area contributed by atoms with Crippen LogP contribution in [-0.4, -0.2) is 20.6 Å². The van der Waals surface area contributed by atoms with Gasteiger partial charge in [-0.3, -0.25) is 5.32 Å². The van der Waals surface area contributed by atoms with Gasteiger partial charge in [0.2, 0.25) is 0 Å². The summed E-state index contributed by atoms with van der Waals surface area (Å²) in [5.41, 5.74) is 10.6. The molecule has 1 aliphatic carbocycles. The third-order valence-electron chi connectivity index (χ3n) is 15.7. The molecule has 5 atom stereocenters. The Labute approximate surface area is 394 Å². The maximum Gasteiger partial charge on any atom is 0.145 e. The number of nitrogens with zero attached hydrogens (tertiary/aromatic N) is 3. The van der Waals surface area contributed by atoms with Gasteiger partial charge in [0.1, 0.15) is 39.7 Å². The highest BCUT2D eigenvalue weighted by molar-refractivity contribution is 6.24. The van der Waals surface area contributed by atoms with E-state index in [0.29, 0.717) is 5.92 Å². The van der Waals surface area contributed by atoms with E-state index in [0.717, 1.165) is 106 Å². The van der Waals surface area contributed by atoms with Crippen LogP contribution in [0.25, 0.3) is 76.9 Å². The van der Waals surface area contributed by atoms with Gasteiger partial charge in [0, 0.05) is 49.8 Å². The molecule has 0 spiro atoms. The van der Waals surface area contributed by atoms with Crippen molar-refractivity contribution < 1.29 is 9.15 Å². The minimum Gasteiger partial charge on any atom is -0.485 e. The molecule has 3 aromatic heterocycles. The monoisotopic (exact) mass is 883 g/mol. The van der Waals surface area contributed by atoms with E-state index in [2.05, 4.69) is 229 Å². The van der Waals surface area contributed by atoms with E-state index < -0.39 is 11.3 Å². The van der Waals surface area contributed by atoms with E-state index in [9.17, 15) is 0 Å². The molecule has 14 rings (SSSR count). The molecule has 3 aliphatic rings. The number of hydrogen-bond acceptors (Lipinski definition) is 5. The molecule has 2 N–H and O–H groups in total. The van der Waals surface area contributed by atoms with Crippen LogP contribution in [0.15, 0.2) is 197 Å². The van der Waals surface area contributed by atoms with Crippen LogP contribution in [0.5, 0.6) is 5.75 Å². The smallest absolute Gasteiger partial charge is 0.145 e. The maximum atomic E-state index is 7.23. The van der Waals surface area contributed by atoms with E-state index >= 15 is 0 Å². The van der Waals surface area contributed by atoms with Gasteiger partial charge in [0.25, 0.3) is 0 Å². The molecule has 0 saturated carbocycles. The Morgan fingerprint density at radius 2 is 1.28 bits per heavy atom.